The summed E-state index contributed by atoms with van der Waals surface area (Å²) in [4.78, 5) is 0. The third-order valence-electron chi connectivity index (χ3n) is 3.88. The summed E-state index contributed by atoms with van der Waals surface area (Å²) < 4.78 is 7.14. The Kier molecular flexibility index (Phi) is 5.92. The Morgan fingerprint density at radius 3 is 2.44 bits per heavy atom. The minimum atomic E-state index is 0.674. The molecule has 2 nitrogen and oxygen atoms in total. The van der Waals surface area contributed by atoms with E-state index in [0.717, 1.165) is 19.8 Å². The second-order valence-electron chi connectivity index (χ2n) is 5.18. The summed E-state index contributed by atoms with van der Waals surface area (Å²) in [5.74, 6) is 1.35. The van der Waals surface area contributed by atoms with Gasteiger partial charge in [-0.3, -0.25) is 0 Å². The second-order valence-corrected chi connectivity index (χ2v) is 6.43. The standard InChI is InChI=1S/C15H22INO/c16-15-7-5-12(6-8-15)10-18-11-14-4-2-1-3-13(14)9-17/h5-8,13-14H,1-4,9-11,17H2. The molecule has 2 atom stereocenters. The molecule has 0 bridgehead atoms. The minimum absolute atomic E-state index is 0.674. The quantitative estimate of drug-likeness (QED) is 0.816. The van der Waals surface area contributed by atoms with E-state index in [1.807, 2.05) is 0 Å². The average molecular weight is 359 g/mol. The molecule has 18 heavy (non-hydrogen) atoms. The van der Waals surface area contributed by atoms with E-state index in [-0.39, 0.29) is 0 Å². The maximum Gasteiger partial charge on any atom is 0.0717 e. The van der Waals surface area contributed by atoms with Crippen LogP contribution in [0, 0.1) is 15.4 Å². The topological polar surface area (TPSA) is 35.2 Å². The van der Waals surface area contributed by atoms with Crippen LogP contribution in [0.5, 0.6) is 0 Å². The minimum Gasteiger partial charge on any atom is -0.376 e. The van der Waals surface area contributed by atoms with Crippen LogP contribution in [0.4, 0.5) is 0 Å². The monoisotopic (exact) mass is 359 g/mol. The summed E-state index contributed by atoms with van der Waals surface area (Å²) in [6.07, 6.45) is 5.26. The van der Waals surface area contributed by atoms with Gasteiger partial charge in [-0.15, -0.1) is 0 Å². The fraction of sp³-hybridized carbons (Fsp3) is 0.600. The Labute approximate surface area is 123 Å². The normalized spacial score (nSPS) is 24.1. The Morgan fingerprint density at radius 1 is 1.11 bits per heavy atom. The summed E-state index contributed by atoms with van der Waals surface area (Å²) in [6, 6.07) is 8.54. The van der Waals surface area contributed by atoms with Gasteiger partial charge in [-0.1, -0.05) is 25.0 Å². The highest BCUT2D eigenvalue weighted by Gasteiger charge is 2.23. The van der Waals surface area contributed by atoms with Gasteiger partial charge in [-0.2, -0.15) is 0 Å². The molecule has 2 unspecified atom stereocenters. The lowest BCUT2D eigenvalue weighted by atomic mass is 9.80. The highest BCUT2D eigenvalue weighted by molar-refractivity contribution is 14.1. The van der Waals surface area contributed by atoms with Crippen LogP contribution in [-0.4, -0.2) is 13.2 Å². The van der Waals surface area contributed by atoms with Crippen molar-refractivity contribution >= 4 is 22.6 Å². The Hall–Kier alpha value is -0.130. The van der Waals surface area contributed by atoms with E-state index >= 15 is 0 Å². The molecular formula is C15H22INO. The van der Waals surface area contributed by atoms with Gasteiger partial charge in [0.15, 0.2) is 0 Å². The van der Waals surface area contributed by atoms with E-state index in [1.165, 1.54) is 34.8 Å². The molecule has 0 aromatic heterocycles. The molecule has 1 fully saturated rings. The van der Waals surface area contributed by atoms with Crippen molar-refractivity contribution in [3.8, 4) is 0 Å². The van der Waals surface area contributed by atoms with Gasteiger partial charge in [0.2, 0.25) is 0 Å². The zero-order valence-electron chi connectivity index (χ0n) is 10.8. The van der Waals surface area contributed by atoms with Gasteiger partial charge in [-0.25, -0.2) is 0 Å². The summed E-state index contributed by atoms with van der Waals surface area (Å²) >= 11 is 2.32. The van der Waals surface area contributed by atoms with Crippen molar-refractivity contribution in [3.05, 3.63) is 33.4 Å². The third-order valence-corrected chi connectivity index (χ3v) is 4.60. The van der Waals surface area contributed by atoms with E-state index in [2.05, 4.69) is 46.9 Å². The van der Waals surface area contributed by atoms with E-state index < -0.39 is 0 Å². The Balaban J connectivity index is 1.75. The lowest BCUT2D eigenvalue weighted by Gasteiger charge is -2.30. The largest absolute Gasteiger partial charge is 0.376 e. The van der Waals surface area contributed by atoms with Crippen LogP contribution >= 0.6 is 22.6 Å². The first-order chi connectivity index (χ1) is 8.79. The maximum absolute atomic E-state index is 5.87. The molecular weight excluding hydrogens is 337 g/mol. The van der Waals surface area contributed by atoms with Gasteiger partial charge in [0.1, 0.15) is 0 Å². The van der Waals surface area contributed by atoms with Gasteiger partial charge < -0.3 is 10.5 Å². The third kappa shape index (κ3) is 4.21. The molecule has 1 aromatic rings. The van der Waals surface area contributed by atoms with E-state index in [0.29, 0.717) is 11.8 Å². The number of benzene rings is 1. The lowest BCUT2D eigenvalue weighted by molar-refractivity contribution is 0.0512. The summed E-state index contributed by atoms with van der Waals surface area (Å²) in [5.41, 5.74) is 7.10. The summed E-state index contributed by atoms with van der Waals surface area (Å²) in [5, 5.41) is 0. The lowest BCUT2D eigenvalue weighted by Crippen LogP contribution is -2.29. The zero-order chi connectivity index (χ0) is 12.8. The molecule has 2 rings (SSSR count). The molecule has 0 aliphatic heterocycles. The van der Waals surface area contributed by atoms with Crippen LogP contribution in [-0.2, 0) is 11.3 Å². The van der Waals surface area contributed by atoms with Crippen LogP contribution in [0.2, 0.25) is 0 Å². The molecule has 0 spiro atoms. The van der Waals surface area contributed by atoms with Crippen molar-refractivity contribution in [1.82, 2.24) is 0 Å². The molecule has 3 heteroatoms. The van der Waals surface area contributed by atoms with Gasteiger partial charge in [0, 0.05) is 3.57 Å². The summed E-state index contributed by atoms with van der Waals surface area (Å²) in [6.45, 7) is 2.41. The molecule has 100 valence electrons. The first-order valence-electron chi connectivity index (χ1n) is 6.82. The van der Waals surface area contributed by atoms with Crippen molar-refractivity contribution in [3.63, 3.8) is 0 Å². The number of rotatable bonds is 5. The molecule has 1 aromatic carbocycles. The van der Waals surface area contributed by atoms with Crippen molar-refractivity contribution in [2.45, 2.75) is 32.3 Å². The molecule has 0 saturated heterocycles. The van der Waals surface area contributed by atoms with Crippen LogP contribution in [0.3, 0.4) is 0 Å². The molecule has 0 heterocycles. The number of hydrogen-bond acceptors (Lipinski definition) is 2. The molecule has 2 N–H and O–H groups in total. The summed E-state index contributed by atoms with van der Waals surface area (Å²) in [7, 11) is 0. The van der Waals surface area contributed by atoms with Gasteiger partial charge in [0.25, 0.3) is 0 Å². The fourth-order valence-electron chi connectivity index (χ4n) is 2.72. The van der Waals surface area contributed by atoms with Crippen LogP contribution in [0.1, 0.15) is 31.2 Å². The molecule has 1 aliphatic rings. The number of nitrogens with two attached hydrogens (primary N) is 1. The van der Waals surface area contributed by atoms with E-state index in [1.54, 1.807) is 0 Å². The average Bonchev–Trinajstić information content (AvgIpc) is 2.41. The number of ether oxygens (including phenoxy) is 1. The Morgan fingerprint density at radius 2 is 1.78 bits per heavy atom. The van der Waals surface area contributed by atoms with Crippen LogP contribution < -0.4 is 5.73 Å². The van der Waals surface area contributed by atoms with Gasteiger partial charge in [0.05, 0.1) is 13.2 Å². The van der Waals surface area contributed by atoms with Crippen molar-refractivity contribution in [2.75, 3.05) is 13.2 Å². The fourth-order valence-corrected chi connectivity index (χ4v) is 3.08. The second kappa shape index (κ2) is 7.46. The molecule has 1 saturated carbocycles. The van der Waals surface area contributed by atoms with Crippen molar-refractivity contribution in [1.29, 1.82) is 0 Å². The number of halogens is 1. The van der Waals surface area contributed by atoms with Gasteiger partial charge >= 0.3 is 0 Å². The van der Waals surface area contributed by atoms with Crippen molar-refractivity contribution in [2.24, 2.45) is 17.6 Å². The Bertz CT molecular complexity index is 352. The predicted octanol–water partition coefficient (Wildman–Crippen LogP) is 3.57. The molecule has 1 aliphatic carbocycles. The maximum atomic E-state index is 5.87. The molecule has 0 radical (unpaired) electrons. The van der Waals surface area contributed by atoms with Crippen LogP contribution in [0.25, 0.3) is 0 Å². The predicted molar refractivity (Wildman–Crippen MR) is 83.3 cm³/mol. The van der Waals surface area contributed by atoms with E-state index in [9.17, 15) is 0 Å². The van der Waals surface area contributed by atoms with Crippen LogP contribution in [0.15, 0.2) is 24.3 Å². The first-order valence-corrected chi connectivity index (χ1v) is 7.89. The zero-order valence-corrected chi connectivity index (χ0v) is 12.9. The SMILES string of the molecule is NCC1CCCCC1COCc1ccc(I)cc1. The van der Waals surface area contributed by atoms with E-state index in [4.69, 9.17) is 10.5 Å². The van der Waals surface area contributed by atoms with Gasteiger partial charge in [-0.05, 0) is 71.5 Å². The van der Waals surface area contributed by atoms with Crippen molar-refractivity contribution < 1.29 is 4.74 Å². The first kappa shape index (κ1) is 14.3. The smallest absolute Gasteiger partial charge is 0.0717 e. The highest BCUT2D eigenvalue weighted by atomic mass is 127. The highest BCUT2D eigenvalue weighted by Crippen LogP contribution is 2.29. The number of hydrogen-bond donors (Lipinski definition) is 1. The molecule has 0 amide bonds.